The molecule has 0 unspecified atom stereocenters. The monoisotopic (exact) mass is 250 g/mol. The molecule has 1 N–H and O–H groups in total. The minimum absolute atomic E-state index is 0.829. The number of hydroxylamine groups is 2. The van der Waals surface area contributed by atoms with Crippen LogP contribution in [0, 0.1) is 0 Å². The number of methoxy groups -OCH3 is 1. The quantitative estimate of drug-likeness (QED) is 0.563. The van der Waals surface area contributed by atoms with E-state index in [0.717, 1.165) is 30.9 Å². The summed E-state index contributed by atoms with van der Waals surface area (Å²) in [5.41, 5.74) is 1.09. The van der Waals surface area contributed by atoms with Gasteiger partial charge in [-0.1, -0.05) is 30.4 Å². The zero-order valence-electron chi connectivity index (χ0n) is 11.3. The molecule has 1 aromatic rings. The standard InChI is InChI=1S/C14H22N2O2/c1-16(18-3)12-11-15-10-6-8-13-7-4-5-9-14(13)17-2/h4-9,15H,10-12H2,1-3H3. The van der Waals surface area contributed by atoms with Crippen molar-refractivity contribution in [2.45, 2.75) is 0 Å². The van der Waals surface area contributed by atoms with Crippen LogP contribution in [0.4, 0.5) is 0 Å². The number of nitrogens with zero attached hydrogens (tertiary/aromatic N) is 1. The molecule has 0 saturated heterocycles. The van der Waals surface area contributed by atoms with E-state index in [1.807, 2.05) is 31.3 Å². The minimum atomic E-state index is 0.829. The molecule has 0 aliphatic carbocycles. The lowest BCUT2D eigenvalue weighted by Gasteiger charge is -2.12. The van der Waals surface area contributed by atoms with Gasteiger partial charge in [0, 0.05) is 32.2 Å². The molecule has 0 bridgehead atoms. The van der Waals surface area contributed by atoms with Crippen molar-refractivity contribution in [1.29, 1.82) is 0 Å². The van der Waals surface area contributed by atoms with Crippen LogP contribution < -0.4 is 10.1 Å². The average Bonchev–Trinajstić information content (AvgIpc) is 2.42. The van der Waals surface area contributed by atoms with Gasteiger partial charge >= 0.3 is 0 Å². The summed E-state index contributed by atoms with van der Waals surface area (Å²) in [5, 5.41) is 5.10. The van der Waals surface area contributed by atoms with Crippen LogP contribution in [0.25, 0.3) is 6.08 Å². The van der Waals surface area contributed by atoms with Crippen LogP contribution >= 0.6 is 0 Å². The van der Waals surface area contributed by atoms with E-state index < -0.39 is 0 Å². The van der Waals surface area contributed by atoms with E-state index >= 15 is 0 Å². The molecule has 4 heteroatoms. The van der Waals surface area contributed by atoms with E-state index in [4.69, 9.17) is 9.57 Å². The van der Waals surface area contributed by atoms with Crippen molar-refractivity contribution in [1.82, 2.24) is 10.4 Å². The van der Waals surface area contributed by atoms with Crippen molar-refractivity contribution in [3.05, 3.63) is 35.9 Å². The van der Waals surface area contributed by atoms with Gasteiger partial charge in [0.2, 0.25) is 0 Å². The van der Waals surface area contributed by atoms with Crippen LogP contribution in [-0.2, 0) is 4.84 Å². The predicted molar refractivity (Wildman–Crippen MR) is 74.5 cm³/mol. The molecule has 1 aromatic carbocycles. The Balaban J connectivity index is 2.28. The van der Waals surface area contributed by atoms with E-state index in [0.29, 0.717) is 0 Å². The number of ether oxygens (including phenoxy) is 1. The molecular formula is C14H22N2O2. The molecule has 0 radical (unpaired) electrons. The van der Waals surface area contributed by atoms with Crippen molar-refractivity contribution < 1.29 is 9.57 Å². The fraction of sp³-hybridized carbons (Fsp3) is 0.429. The second-order valence-electron chi connectivity index (χ2n) is 3.88. The van der Waals surface area contributed by atoms with Crippen LogP contribution in [0.5, 0.6) is 5.75 Å². The Hall–Kier alpha value is -1.36. The van der Waals surface area contributed by atoms with Crippen molar-refractivity contribution >= 4 is 6.08 Å². The second kappa shape index (κ2) is 8.69. The van der Waals surface area contributed by atoms with Gasteiger partial charge in [0.15, 0.2) is 0 Å². The van der Waals surface area contributed by atoms with E-state index in [1.54, 1.807) is 19.3 Å². The zero-order valence-corrected chi connectivity index (χ0v) is 11.3. The number of nitrogens with one attached hydrogen (secondary N) is 1. The zero-order chi connectivity index (χ0) is 13.2. The fourth-order valence-corrected chi connectivity index (χ4v) is 1.50. The van der Waals surface area contributed by atoms with Crippen LogP contribution in [0.1, 0.15) is 5.56 Å². The number of rotatable bonds is 8. The summed E-state index contributed by atoms with van der Waals surface area (Å²) in [6.45, 7) is 2.58. The molecule has 0 aromatic heterocycles. The first-order valence-electron chi connectivity index (χ1n) is 6.03. The van der Waals surface area contributed by atoms with Gasteiger partial charge in [0.25, 0.3) is 0 Å². The van der Waals surface area contributed by atoms with Crippen molar-refractivity contribution in [2.24, 2.45) is 0 Å². The largest absolute Gasteiger partial charge is 0.496 e. The number of para-hydroxylation sites is 1. The third kappa shape index (κ3) is 5.31. The van der Waals surface area contributed by atoms with Gasteiger partial charge in [0.1, 0.15) is 5.75 Å². The minimum Gasteiger partial charge on any atom is -0.496 e. The summed E-state index contributed by atoms with van der Waals surface area (Å²) in [6, 6.07) is 7.97. The highest BCUT2D eigenvalue weighted by atomic mass is 16.7. The Morgan fingerprint density at radius 2 is 2.06 bits per heavy atom. The average molecular weight is 250 g/mol. The number of hydrogen-bond donors (Lipinski definition) is 1. The van der Waals surface area contributed by atoms with E-state index in [9.17, 15) is 0 Å². The van der Waals surface area contributed by atoms with Gasteiger partial charge in [0.05, 0.1) is 14.2 Å². The highest BCUT2D eigenvalue weighted by Crippen LogP contribution is 2.18. The van der Waals surface area contributed by atoms with Crippen molar-refractivity contribution in [3.8, 4) is 5.75 Å². The maximum atomic E-state index is 5.27. The predicted octanol–water partition coefficient (Wildman–Crippen LogP) is 1.79. The Morgan fingerprint density at radius 3 is 2.78 bits per heavy atom. The number of likely N-dealkylation sites (N-methyl/N-ethyl adjacent to an activating group) is 1. The smallest absolute Gasteiger partial charge is 0.126 e. The summed E-state index contributed by atoms with van der Waals surface area (Å²) in [4.78, 5) is 5.02. The Bertz CT molecular complexity index is 367. The van der Waals surface area contributed by atoms with Gasteiger partial charge in [-0.05, 0) is 6.07 Å². The van der Waals surface area contributed by atoms with Gasteiger partial charge in [-0.15, -0.1) is 0 Å². The Kier molecular flexibility index (Phi) is 7.10. The van der Waals surface area contributed by atoms with Crippen molar-refractivity contribution in [2.75, 3.05) is 40.9 Å². The normalized spacial score (nSPS) is 11.3. The molecule has 0 aliphatic rings. The lowest BCUT2D eigenvalue weighted by atomic mass is 10.2. The molecule has 0 atom stereocenters. The van der Waals surface area contributed by atoms with Crippen LogP contribution in [0.2, 0.25) is 0 Å². The van der Waals surface area contributed by atoms with Crippen LogP contribution in [-0.4, -0.2) is 46.0 Å². The molecular weight excluding hydrogens is 228 g/mol. The van der Waals surface area contributed by atoms with Crippen molar-refractivity contribution in [3.63, 3.8) is 0 Å². The van der Waals surface area contributed by atoms with Gasteiger partial charge in [-0.25, -0.2) is 0 Å². The molecule has 0 spiro atoms. The van der Waals surface area contributed by atoms with E-state index in [1.165, 1.54) is 0 Å². The first-order chi connectivity index (χ1) is 8.77. The Labute approximate surface area is 109 Å². The van der Waals surface area contributed by atoms with E-state index in [2.05, 4.69) is 17.5 Å². The molecule has 4 nitrogen and oxygen atoms in total. The second-order valence-corrected chi connectivity index (χ2v) is 3.88. The topological polar surface area (TPSA) is 33.7 Å². The van der Waals surface area contributed by atoms with Gasteiger partial charge in [-0.3, -0.25) is 0 Å². The lowest BCUT2D eigenvalue weighted by Crippen LogP contribution is -2.28. The van der Waals surface area contributed by atoms with Gasteiger partial charge in [-0.2, -0.15) is 5.06 Å². The highest BCUT2D eigenvalue weighted by molar-refractivity contribution is 5.57. The summed E-state index contributed by atoms with van der Waals surface area (Å²) >= 11 is 0. The fourth-order valence-electron chi connectivity index (χ4n) is 1.50. The highest BCUT2D eigenvalue weighted by Gasteiger charge is 1.96. The number of benzene rings is 1. The Morgan fingerprint density at radius 1 is 1.28 bits per heavy atom. The molecule has 1 rings (SSSR count). The lowest BCUT2D eigenvalue weighted by molar-refractivity contribution is -0.107. The maximum Gasteiger partial charge on any atom is 0.126 e. The number of hydrogen-bond acceptors (Lipinski definition) is 4. The molecule has 0 saturated carbocycles. The molecule has 0 heterocycles. The first kappa shape index (κ1) is 14.7. The third-order valence-electron chi connectivity index (χ3n) is 2.61. The molecule has 0 fully saturated rings. The molecule has 18 heavy (non-hydrogen) atoms. The van der Waals surface area contributed by atoms with E-state index in [-0.39, 0.29) is 0 Å². The summed E-state index contributed by atoms with van der Waals surface area (Å²) < 4.78 is 5.27. The van der Waals surface area contributed by atoms with Gasteiger partial charge < -0.3 is 14.9 Å². The van der Waals surface area contributed by atoms with Crippen LogP contribution in [0.15, 0.2) is 30.3 Å². The summed E-state index contributed by atoms with van der Waals surface area (Å²) in [7, 11) is 5.26. The molecule has 0 amide bonds. The summed E-state index contributed by atoms with van der Waals surface area (Å²) in [5.74, 6) is 0.896. The molecule has 0 aliphatic heterocycles. The maximum absolute atomic E-state index is 5.27. The SMILES string of the molecule is COc1ccccc1C=CCNCCN(C)OC. The summed E-state index contributed by atoms with van der Waals surface area (Å²) in [6.07, 6.45) is 4.15. The third-order valence-corrected chi connectivity index (χ3v) is 2.61. The van der Waals surface area contributed by atoms with Crippen LogP contribution in [0.3, 0.4) is 0 Å². The molecule has 100 valence electrons. The first-order valence-corrected chi connectivity index (χ1v) is 6.03.